The second-order valence-electron chi connectivity index (χ2n) is 4.09. The molecule has 0 bridgehead atoms. The highest BCUT2D eigenvalue weighted by Crippen LogP contribution is 2.32. The zero-order chi connectivity index (χ0) is 10.0. The Morgan fingerprint density at radius 2 is 2.50 bits per heavy atom. The summed E-state index contributed by atoms with van der Waals surface area (Å²) in [6.07, 6.45) is 3.41. The zero-order valence-corrected chi connectivity index (χ0v) is 9.53. The maximum Gasteiger partial charge on any atom is 0.238 e. The Balaban J connectivity index is 2.11. The minimum Gasteiger partial charge on any atom is -0.322 e. The van der Waals surface area contributed by atoms with Gasteiger partial charge in [-0.1, -0.05) is 6.92 Å². The molecule has 2 aliphatic rings. The smallest absolute Gasteiger partial charge is 0.238 e. The molecule has 2 aliphatic heterocycles. The largest absolute Gasteiger partial charge is 0.322 e. The van der Waals surface area contributed by atoms with Crippen molar-refractivity contribution in [2.24, 2.45) is 0 Å². The summed E-state index contributed by atoms with van der Waals surface area (Å²) >= 11 is 1.97. The molecular formula is C10H18N2OS. The molecule has 0 radical (unpaired) electrons. The summed E-state index contributed by atoms with van der Waals surface area (Å²) in [6, 6.07) is 0. The van der Waals surface area contributed by atoms with Gasteiger partial charge in [0, 0.05) is 12.3 Å². The SMILES string of the molecule is CCCN1C(=O)CNC12CCCSC2. The van der Waals surface area contributed by atoms with Crippen LogP contribution in [0.3, 0.4) is 0 Å². The van der Waals surface area contributed by atoms with Crippen molar-refractivity contribution < 1.29 is 4.79 Å². The fourth-order valence-electron chi connectivity index (χ4n) is 2.36. The minimum absolute atomic E-state index is 0.00993. The Kier molecular flexibility index (Phi) is 3.02. The third-order valence-corrected chi connectivity index (χ3v) is 4.31. The fraction of sp³-hybridized carbons (Fsp3) is 0.900. The van der Waals surface area contributed by atoms with Gasteiger partial charge in [-0.2, -0.15) is 11.8 Å². The quantitative estimate of drug-likeness (QED) is 0.746. The second-order valence-corrected chi connectivity index (χ2v) is 5.19. The summed E-state index contributed by atoms with van der Waals surface area (Å²) < 4.78 is 0. The molecule has 0 saturated carbocycles. The normalized spacial score (nSPS) is 32.9. The highest BCUT2D eigenvalue weighted by molar-refractivity contribution is 7.99. The van der Waals surface area contributed by atoms with E-state index >= 15 is 0 Å². The van der Waals surface area contributed by atoms with Gasteiger partial charge in [-0.15, -0.1) is 0 Å². The standard InChI is InChI=1S/C10H18N2OS/c1-2-5-12-9(13)7-11-10(12)4-3-6-14-8-10/h11H,2-8H2,1H3. The number of nitrogens with one attached hydrogen (secondary N) is 1. The molecule has 2 saturated heterocycles. The van der Waals surface area contributed by atoms with E-state index in [1.807, 2.05) is 11.8 Å². The van der Waals surface area contributed by atoms with Gasteiger partial charge < -0.3 is 4.90 Å². The maximum absolute atomic E-state index is 11.7. The van der Waals surface area contributed by atoms with Crippen molar-refractivity contribution >= 4 is 17.7 Å². The van der Waals surface area contributed by atoms with Crippen LogP contribution in [0.15, 0.2) is 0 Å². The lowest BCUT2D eigenvalue weighted by Crippen LogP contribution is -2.56. The van der Waals surface area contributed by atoms with Crippen LogP contribution in [-0.2, 0) is 4.79 Å². The first-order valence-corrected chi connectivity index (χ1v) is 6.57. The van der Waals surface area contributed by atoms with E-state index in [0.29, 0.717) is 6.54 Å². The van der Waals surface area contributed by atoms with Gasteiger partial charge in [-0.25, -0.2) is 0 Å². The first-order valence-electron chi connectivity index (χ1n) is 5.42. The van der Waals surface area contributed by atoms with Gasteiger partial charge in [0.05, 0.1) is 6.54 Å². The zero-order valence-electron chi connectivity index (χ0n) is 8.71. The molecule has 0 aliphatic carbocycles. The lowest BCUT2D eigenvalue weighted by molar-refractivity contribution is -0.130. The van der Waals surface area contributed by atoms with E-state index in [1.165, 1.54) is 12.2 Å². The average molecular weight is 214 g/mol. The van der Waals surface area contributed by atoms with Crippen LogP contribution in [-0.4, -0.2) is 41.1 Å². The molecule has 0 aromatic carbocycles. The number of rotatable bonds is 2. The molecule has 1 atom stereocenters. The van der Waals surface area contributed by atoms with E-state index in [1.54, 1.807) is 0 Å². The maximum atomic E-state index is 11.7. The van der Waals surface area contributed by atoms with Crippen LogP contribution in [0.1, 0.15) is 26.2 Å². The molecule has 14 heavy (non-hydrogen) atoms. The predicted molar refractivity (Wildman–Crippen MR) is 59.3 cm³/mol. The van der Waals surface area contributed by atoms with Gasteiger partial charge in [0.2, 0.25) is 5.91 Å². The summed E-state index contributed by atoms with van der Waals surface area (Å²) in [5.41, 5.74) is 0.00993. The van der Waals surface area contributed by atoms with Crippen LogP contribution >= 0.6 is 11.8 Å². The fourth-order valence-corrected chi connectivity index (χ4v) is 3.60. The molecule has 0 aromatic heterocycles. The number of amides is 1. The van der Waals surface area contributed by atoms with E-state index in [4.69, 9.17) is 0 Å². The number of carbonyl (C=O) groups is 1. The summed E-state index contributed by atoms with van der Waals surface area (Å²) in [4.78, 5) is 13.8. The number of carbonyl (C=O) groups excluding carboxylic acids is 1. The van der Waals surface area contributed by atoms with E-state index in [2.05, 4.69) is 17.1 Å². The highest BCUT2D eigenvalue weighted by atomic mass is 32.2. The van der Waals surface area contributed by atoms with Crippen molar-refractivity contribution in [1.82, 2.24) is 10.2 Å². The number of hydrogen-bond donors (Lipinski definition) is 1. The van der Waals surface area contributed by atoms with Crippen molar-refractivity contribution in [3.63, 3.8) is 0 Å². The third kappa shape index (κ3) is 1.65. The van der Waals surface area contributed by atoms with E-state index in [9.17, 15) is 4.79 Å². The molecule has 3 nitrogen and oxygen atoms in total. The van der Waals surface area contributed by atoms with Crippen LogP contribution in [0, 0.1) is 0 Å². The van der Waals surface area contributed by atoms with E-state index in [0.717, 1.165) is 25.1 Å². The van der Waals surface area contributed by atoms with Crippen molar-refractivity contribution in [2.75, 3.05) is 24.6 Å². The Bertz CT molecular complexity index is 226. The van der Waals surface area contributed by atoms with Crippen molar-refractivity contribution in [1.29, 1.82) is 0 Å². The first-order chi connectivity index (χ1) is 6.78. The summed E-state index contributed by atoms with van der Waals surface area (Å²) in [6.45, 7) is 3.59. The minimum atomic E-state index is 0.00993. The molecule has 1 unspecified atom stereocenters. The lowest BCUT2D eigenvalue weighted by atomic mass is 10.1. The monoisotopic (exact) mass is 214 g/mol. The topological polar surface area (TPSA) is 32.3 Å². The van der Waals surface area contributed by atoms with Gasteiger partial charge in [0.25, 0.3) is 0 Å². The average Bonchev–Trinajstić information content (AvgIpc) is 2.49. The van der Waals surface area contributed by atoms with Gasteiger partial charge in [-0.3, -0.25) is 10.1 Å². The highest BCUT2D eigenvalue weighted by Gasteiger charge is 2.45. The lowest BCUT2D eigenvalue weighted by Gasteiger charge is -2.40. The Morgan fingerprint density at radius 1 is 1.64 bits per heavy atom. The van der Waals surface area contributed by atoms with Crippen LogP contribution in [0.4, 0.5) is 0 Å². The number of nitrogens with zero attached hydrogens (tertiary/aromatic N) is 1. The molecule has 80 valence electrons. The molecule has 2 fully saturated rings. The van der Waals surface area contributed by atoms with Crippen LogP contribution in [0.5, 0.6) is 0 Å². The number of thioether (sulfide) groups is 1. The molecule has 2 rings (SSSR count). The predicted octanol–water partition coefficient (Wildman–Crippen LogP) is 1.05. The van der Waals surface area contributed by atoms with Crippen molar-refractivity contribution in [2.45, 2.75) is 31.8 Å². The summed E-state index contributed by atoms with van der Waals surface area (Å²) in [7, 11) is 0. The molecule has 4 heteroatoms. The van der Waals surface area contributed by atoms with Crippen molar-refractivity contribution in [3.8, 4) is 0 Å². The third-order valence-electron chi connectivity index (χ3n) is 3.05. The van der Waals surface area contributed by atoms with Crippen LogP contribution in [0.2, 0.25) is 0 Å². The molecule has 0 aromatic rings. The van der Waals surface area contributed by atoms with Gasteiger partial charge in [0.15, 0.2) is 0 Å². The van der Waals surface area contributed by atoms with Gasteiger partial charge in [0.1, 0.15) is 5.66 Å². The second kappa shape index (κ2) is 4.11. The molecule has 1 amide bonds. The van der Waals surface area contributed by atoms with Crippen LogP contribution < -0.4 is 5.32 Å². The van der Waals surface area contributed by atoms with Gasteiger partial charge in [-0.05, 0) is 25.0 Å². The van der Waals surface area contributed by atoms with Gasteiger partial charge >= 0.3 is 0 Å². The Hall–Kier alpha value is -0.220. The number of hydrogen-bond acceptors (Lipinski definition) is 3. The molecule has 2 heterocycles. The first kappa shape index (κ1) is 10.3. The molecule has 1 spiro atoms. The Morgan fingerprint density at radius 3 is 3.14 bits per heavy atom. The van der Waals surface area contributed by atoms with Crippen LogP contribution in [0.25, 0.3) is 0 Å². The molecular weight excluding hydrogens is 196 g/mol. The summed E-state index contributed by atoms with van der Waals surface area (Å²) in [5.74, 6) is 2.60. The molecule has 1 N–H and O–H groups in total. The van der Waals surface area contributed by atoms with Crippen molar-refractivity contribution in [3.05, 3.63) is 0 Å². The van der Waals surface area contributed by atoms with E-state index < -0.39 is 0 Å². The Labute approximate surface area is 89.6 Å². The summed E-state index contributed by atoms with van der Waals surface area (Å²) in [5, 5.41) is 3.41. The van der Waals surface area contributed by atoms with E-state index in [-0.39, 0.29) is 11.6 Å².